The highest BCUT2D eigenvalue weighted by atomic mass is 16.5. The van der Waals surface area contributed by atoms with Crippen molar-refractivity contribution in [1.29, 1.82) is 0 Å². The van der Waals surface area contributed by atoms with E-state index in [1.165, 1.54) is 289 Å². The van der Waals surface area contributed by atoms with Gasteiger partial charge in [-0.3, -0.25) is 9.59 Å². The van der Waals surface area contributed by atoms with Crippen LogP contribution in [0.5, 0.6) is 0 Å². The Morgan fingerprint density at radius 3 is 0.986 bits per heavy atom. The lowest BCUT2D eigenvalue weighted by atomic mass is 10.0. The number of aliphatic hydroxyl groups is 2. The number of nitrogens with one attached hydrogen (secondary N) is 1. The maximum Gasteiger partial charge on any atom is 0.305 e. The van der Waals surface area contributed by atoms with Crippen molar-refractivity contribution in [3.8, 4) is 0 Å². The molecule has 0 spiro atoms. The number of esters is 1. The SMILES string of the molecule is CCCCCCCCCCCCCCCCCCC/C=C/C(O)C(CO)NC(=O)CCCCCCCCCCCCCCCCCCCCOC(=O)CCCCCCCCCCCCCCCCC. The van der Waals surface area contributed by atoms with E-state index in [-0.39, 0.29) is 18.5 Å². The summed E-state index contributed by atoms with van der Waals surface area (Å²) in [5.74, 6) is -0.0581. The fourth-order valence-electron chi connectivity index (χ4n) is 9.99. The van der Waals surface area contributed by atoms with Crippen LogP contribution in [0, 0.1) is 0 Å². The fourth-order valence-corrected chi connectivity index (χ4v) is 9.99. The van der Waals surface area contributed by atoms with Crippen molar-refractivity contribution in [2.75, 3.05) is 13.2 Å². The van der Waals surface area contributed by atoms with Crippen LogP contribution in [0.3, 0.4) is 0 Å². The third-order valence-corrected chi connectivity index (χ3v) is 14.8. The van der Waals surface area contributed by atoms with E-state index < -0.39 is 12.1 Å². The molecule has 410 valence electrons. The number of carbonyl (C=O) groups excluding carboxylic acids is 2. The minimum absolute atomic E-state index is 0.0103. The van der Waals surface area contributed by atoms with E-state index >= 15 is 0 Å². The number of unbranched alkanes of at least 4 members (excludes halogenated alkanes) is 48. The molecule has 6 heteroatoms. The Hall–Kier alpha value is -1.40. The average molecular weight is 975 g/mol. The molecular weight excluding hydrogens is 851 g/mol. The molecule has 0 aromatic carbocycles. The van der Waals surface area contributed by atoms with E-state index in [1.54, 1.807) is 6.08 Å². The Labute approximate surface area is 431 Å². The monoisotopic (exact) mass is 974 g/mol. The zero-order valence-corrected chi connectivity index (χ0v) is 46.8. The van der Waals surface area contributed by atoms with Crippen LogP contribution in [0.4, 0.5) is 0 Å². The lowest BCUT2D eigenvalue weighted by Gasteiger charge is -2.20. The molecule has 69 heavy (non-hydrogen) atoms. The van der Waals surface area contributed by atoms with Gasteiger partial charge in [0.15, 0.2) is 0 Å². The zero-order chi connectivity index (χ0) is 50.0. The first kappa shape index (κ1) is 67.6. The van der Waals surface area contributed by atoms with E-state index in [1.807, 2.05) is 6.08 Å². The molecule has 6 nitrogen and oxygen atoms in total. The molecule has 0 rings (SSSR count). The van der Waals surface area contributed by atoms with Crippen LogP contribution < -0.4 is 5.32 Å². The molecule has 0 aliphatic rings. The summed E-state index contributed by atoms with van der Waals surface area (Å²) in [6, 6.07) is -0.631. The first-order chi connectivity index (χ1) is 34.0. The first-order valence-electron chi connectivity index (χ1n) is 31.5. The summed E-state index contributed by atoms with van der Waals surface area (Å²) in [6.45, 7) is 4.93. The van der Waals surface area contributed by atoms with E-state index in [0.29, 0.717) is 19.4 Å². The minimum Gasteiger partial charge on any atom is -0.466 e. The number of hydrogen-bond acceptors (Lipinski definition) is 5. The zero-order valence-electron chi connectivity index (χ0n) is 46.8. The van der Waals surface area contributed by atoms with Crippen molar-refractivity contribution < 1.29 is 24.5 Å². The summed E-state index contributed by atoms with van der Waals surface area (Å²) < 4.78 is 5.49. The molecule has 0 saturated carbocycles. The van der Waals surface area contributed by atoms with Crippen molar-refractivity contribution in [2.45, 2.75) is 366 Å². The maximum absolute atomic E-state index is 12.5. The summed E-state index contributed by atoms with van der Waals surface area (Å²) in [5, 5.41) is 23.2. The molecule has 0 bridgehead atoms. The normalized spacial score (nSPS) is 12.6. The van der Waals surface area contributed by atoms with Crippen molar-refractivity contribution in [3.63, 3.8) is 0 Å². The third-order valence-electron chi connectivity index (χ3n) is 14.8. The summed E-state index contributed by atoms with van der Waals surface area (Å²) in [4.78, 5) is 24.6. The fraction of sp³-hybridized carbons (Fsp3) is 0.937. The van der Waals surface area contributed by atoms with Gasteiger partial charge in [-0.15, -0.1) is 0 Å². The highest BCUT2D eigenvalue weighted by Gasteiger charge is 2.18. The molecule has 0 saturated heterocycles. The van der Waals surface area contributed by atoms with Crippen LogP contribution in [-0.2, 0) is 14.3 Å². The van der Waals surface area contributed by atoms with Gasteiger partial charge in [-0.05, 0) is 32.1 Å². The Morgan fingerprint density at radius 2 is 0.667 bits per heavy atom. The Bertz CT molecular complexity index is 1030. The van der Waals surface area contributed by atoms with Gasteiger partial charge >= 0.3 is 5.97 Å². The number of hydrogen-bond donors (Lipinski definition) is 3. The molecule has 0 fully saturated rings. The third kappa shape index (κ3) is 55.8. The molecule has 0 heterocycles. The Morgan fingerprint density at radius 1 is 0.391 bits per heavy atom. The van der Waals surface area contributed by atoms with Crippen molar-refractivity contribution in [1.82, 2.24) is 5.32 Å². The molecular formula is C63H123NO5. The molecule has 0 radical (unpaired) electrons. The first-order valence-corrected chi connectivity index (χ1v) is 31.5. The van der Waals surface area contributed by atoms with Crippen LogP contribution in [-0.4, -0.2) is 47.4 Å². The number of carbonyl (C=O) groups is 2. The van der Waals surface area contributed by atoms with Gasteiger partial charge in [0, 0.05) is 12.8 Å². The maximum atomic E-state index is 12.5. The van der Waals surface area contributed by atoms with Crippen LogP contribution in [0.2, 0.25) is 0 Å². The molecule has 0 aliphatic carbocycles. The van der Waals surface area contributed by atoms with Gasteiger partial charge in [0.2, 0.25) is 5.91 Å². The van der Waals surface area contributed by atoms with Crippen LogP contribution in [0.1, 0.15) is 354 Å². The molecule has 0 aliphatic heterocycles. The van der Waals surface area contributed by atoms with E-state index in [0.717, 1.165) is 38.5 Å². The quantitative estimate of drug-likeness (QED) is 0.0321. The minimum atomic E-state index is -0.847. The standard InChI is InChI=1S/C63H123NO5/c1-3-5-7-9-11-13-15-17-19-20-21-24-28-31-35-39-43-47-51-55-61(66)60(59-65)64-62(67)56-52-48-44-40-36-32-29-25-22-23-26-30-34-38-42-46-50-54-58-69-63(68)57-53-49-45-41-37-33-27-18-16-14-12-10-8-6-4-2/h51,55,60-61,65-66H,3-50,52-54,56-59H2,1-2H3,(H,64,67)/b55-51+. The second-order valence-electron chi connectivity index (χ2n) is 21.8. The molecule has 0 aromatic rings. The number of aliphatic hydroxyl groups excluding tert-OH is 2. The van der Waals surface area contributed by atoms with Crippen LogP contribution in [0.15, 0.2) is 12.2 Å². The Kier molecular flexibility index (Phi) is 58.0. The van der Waals surface area contributed by atoms with Gasteiger partial charge in [0.05, 0.1) is 25.4 Å². The molecule has 1 amide bonds. The molecule has 0 aromatic heterocycles. The summed E-state index contributed by atoms with van der Waals surface area (Å²) in [7, 11) is 0. The Balaban J connectivity index is 3.42. The number of rotatable bonds is 59. The van der Waals surface area contributed by atoms with E-state index in [9.17, 15) is 19.8 Å². The molecule has 2 atom stereocenters. The number of amides is 1. The predicted octanol–water partition coefficient (Wildman–Crippen LogP) is 19.6. The second kappa shape index (κ2) is 59.2. The van der Waals surface area contributed by atoms with Crippen molar-refractivity contribution in [2.24, 2.45) is 0 Å². The van der Waals surface area contributed by atoms with Gasteiger partial charge in [-0.1, -0.05) is 321 Å². The average Bonchev–Trinajstić information content (AvgIpc) is 3.35. The highest BCUT2D eigenvalue weighted by molar-refractivity contribution is 5.76. The number of allylic oxidation sites excluding steroid dienone is 1. The van der Waals surface area contributed by atoms with Crippen LogP contribution >= 0.6 is 0 Å². The van der Waals surface area contributed by atoms with Crippen LogP contribution in [0.25, 0.3) is 0 Å². The van der Waals surface area contributed by atoms with Gasteiger partial charge in [-0.25, -0.2) is 0 Å². The predicted molar refractivity (Wildman–Crippen MR) is 301 cm³/mol. The van der Waals surface area contributed by atoms with Gasteiger partial charge in [0.25, 0.3) is 0 Å². The van der Waals surface area contributed by atoms with Gasteiger partial charge in [-0.2, -0.15) is 0 Å². The molecule has 3 N–H and O–H groups in total. The van der Waals surface area contributed by atoms with Crippen molar-refractivity contribution in [3.05, 3.63) is 12.2 Å². The van der Waals surface area contributed by atoms with E-state index in [4.69, 9.17) is 4.74 Å². The summed E-state index contributed by atoms with van der Waals surface area (Å²) in [6.07, 6.45) is 71.0. The van der Waals surface area contributed by atoms with Crippen molar-refractivity contribution >= 4 is 11.9 Å². The largest absolute Gasteiger partial charge is 0.466 e. The lowest BCUT2D eigenvalue weighted by Crippen LogP contribution is -2.45. The lowest BCUT2D eigenvalue weighted by molar-refractivity contribution is -0.143. The van der Waals surface area contributed by atoms with Gasteiger partial charge in [0.1, 0.15) is 0 Å². The number of ether oxygens (including phenoxy) is 1. The highest BCUT2D eigenvalue weighted by Crippen LogP contribution is 2.18. The van der Waals surface area contributed by atoms with E-state index in [2.05, 4.69) is 19.2 Å². The summed E-state index contributed by atoms with van der Waals surface area (Å²) in [5.41, 5.74) is 0. The molecule has 2 unspecified atom stereocenters. The smallest absolute Gasteiger partial charge is 0.305 e. The van der Waals surface area contributed by atoms with Gasteiger partial charge < -0.3 is 20.3 Å². The topological polar surface area (TPSA) is 95.9 Å². The second-order valence-corrected chi connectivity index (χ2v) is 21.8. The summed E-state index contributed by atoms with van der Waals surface area (Å²) >= 11 is 0.